The van der Waals surface area contributed by atoms with Crippen LogP contribution in [0, 0.1) is 11.8 Å². The molecule has 12 heteroatoms. The van der Waals surface area contributed by atoms with Crippen LogP contribution < -0.4 is 5.32 Å². The average molecular weight is 566 g/mol. The first kappa shape index (κ1) is 29.5. The number of imidazole rings is 1. The number of sulfone groups is 1. The normalized spacial score (nSPS) is 22.0. The summed E-state index contributed by atoms with van der Waals surface area (Å²) in [6, 6.07) is 0. The maximum absolute atomic E-state index is 13.0. The third-order valence-corrected chi connectivity index (χ3v) is 9.32. The third kappa shape index (κ3) is 7.10. The molecular weight excluding hydrogens is 531 g/mol. The van der Waals surface area contributed by atoms with Crippen LogP contribution in [0.2, 0.25) is 5.15 Å². The first-order valence-electron chi connectivity index (χ1n) is 12.5. The molecule has 37 heavy (non-hydrogen) atoms. The smallest absolute Gasteiger partial charge is 0.391 e. The number of allylic oxidation sites excluding steroid dienone is 3. The highest BCUT2D eigenvalue weighted by Gasteiger charge is 2.37. The van der Waals surface area contributed by atoms with Crippen molar-refractivity contribution in [2.75, 3.05) is 19.9 Å². The number of methoxy groups -OCH3 is 1. The van der Waals surface area contributed by atoms with Gasteiger partial charge in [0.1, 0.15) is 26.6 Å². The standard InChI is InChI=1S/C25H35ClF3N3O4S/c1-5-21-31-22(24(33)30-14-16-6-9-18(10-7-16)37(4,34)35)23(26)32(21)19-11-8-17(13-20(19)36-3)12-15(2)25(27,28)29/h13,15-16,18H,5-12,14H2,1-4H3,(H,30,33). The molecule has 3 rings (SSSR count). The van der Waals surface area contributed by atoms with Crippen molar-refractivity contribution in [3.63, 3.8) is 0 Å². The number of amides is 1. The highest BCUT2D eigenvalue weighted by atomic mass is 35.5. The molecule has 1 heterocycles. The Balaban J connectivity index is 1.76. The Bertz CT molecular complexity index is 1170. The van der Waals surface area contributed by atoms with Crippen LogP contribution in [0.1, 0.15) is 75.1 Å². The number of rotatable bonds is 9. The molecule has 1 saturated carbocycles. The van der Waals surface area contributed by atoms with E-state index in [1.807, 2.05) is 6.92 Å². The van der Waals surface area contributed by atoms with Crippen LogP contribution in [0.3, 0.4) is 0 Å². The Morgan fingerprint density at radius 2 is 1.92 bits per heavy atom. The lowest BCUT2D eigenvalue weighted by Gasteiger charge is -2.27. The van der Waals surface area contributed by atoms with Gasteiger partial charge in [-0.2, -0.15) is 13.2 Å². The SMILES string of the molecule is CCc1nc(C(=O)NCC2CCC(S(C)(=O)=O)CC2)c(Cl)n1C1=C(OC)C=C(CC(C)C(F)(F)F)CC1. The van der Waals surface area contributed by atoms with Gasteiger partial charge in [0, 0.05) is 19.2 Å². The van der Waals surface area contributed by atoms with E-state index in [0.717, 1.165) is 6.92 Å². The number of alkyl halides is 3. The van der Waals surface area contributed by atoms with Crippen molar-refractivity contribution in [3.8, 4) is 0 Å². The van der Waals surface area contributed by atoms with Gasteiger partial charge in [-0.1, -0.05) is 31.0 Å². The van der Waals surface area contributed by atoms with E-state index in [-0.39, 0.29) is 28.4 Å². The van der Waals surface area contributed by atoms with Gasteiger partial charge in [-0.3, -0.25) is 9.36 Å². The minimum Gasteiger partial charge on any atom is -0.495 e. The third-order valence-electron chi connectivity index (χ3n) is 7.29. The van der Waals surface area contributed by atoms with E-state index in [1.54, 1.807) is 10.6 Å². The van der Waals surface area contributed by atoms with Gasteiger partial charge in [0.15, 0.2) is 5.69 Å². The molecule has 0 bridgehead atoms. The van der Waals surface area contributed by atoms with Crippen LogP contribution in [0.15, 0.2) is 17.4 Å². The first-order chi connectivity index (χ1) is 17.3. The topological polar surface area (TPSA) is 90.3 Å². The molecule has 2 aliphatic rings. The quantitative estimate of drug-likeness (QED) is 0.423. The fourth-order valence-electron chi connectivity index (χ4n) is 5.00. The minimum absolute atomic E-state index is 0.0757. The summed E-state index contributed by atoms with van der Waals surface area (Å²) in [6.07, 6.45) is 2.40. The largest absolute Gasteiger partial charge is 0.495 e. The zero-order chi connectivity index (χ0) is 27.5. The van der Waals surface area contributed by atoms with E-state index in [2.05, 4.69) is 10.3 Å². The summed E-state index contributed by atoms with van der Waals surface area (Å²) in [4.78, 5) is 17.4. The summed E-state index contributed by atoms with van der Waals surface area (Å²) in [5.41, 5.74) is 1.37. The van der Waals surface area contributed by atoms with Gasteiger partial charge in [-0.05, 0) is 56.9 Å². The van der Waals surface area contributed by atoms with E-state index in [4.69, 9.17) is 16.3 Å². The van der Waals surface area contributed by atoms with Crippen molar-refractivity contribution in [1.29, 1.82) is 0 Å². The Hall–Kier alpha value is -2.01. The van der Waals surface area contributed by atoms with Gasteiger partial charge in [-0.25, -0.2) is 13.4 Å². The monoisotopic (exact) mass is 565 g/mol. The number of aryl methyl sites for hydroxylation is 1. The number of hydrogen-bond acceptors (Lipinski definition) is 5. The van der Waals surface area contributed by atoms with Gasteiger partial charge in [0.05, 0.1) is 24.0 Å². The fourth-order valence-corrected chi connectivity index (χ4v) is 6.45. The molecule has 0 spiro atoms. The second-order valence-corrected chi connectivity index (χ2v) is 12.7. The number of carbonyl (C=O) groups excluding carboxylic acids is 1. The van der Waals surface area contributed by atoms with Gasteiger partial charge in [0.2, 0.25) is 0 Å². The van der Waals surface area contributed by atoms with E-state index >= 15 is 0 Å². The number of hydrogen-bond donors (Lipinski definition) is 1. The van der Waals surface area contributed by atoms with Crippen LogP contribution in [0.25, 0.3) is 5.70 Å². The summed E-state index contributed by atoms with van der Waals surface area (Å²) >= 11 is 6.64. The predicted molar refractivity (Wildman–Crippen MR) is 137 cm³/mol. The lowest BCUT2D eigenvalue weighted by atomic mass is 9.89. The highest BCUT2D eigenvalue weighted by molar-refractivity contribution is 7.91. The van der Waals surface area contributed by atoms with Crippen LogP contribution in [0.5, 0.6) is 0 Å². The zero-order valence-corrected chi connectivity index (χ0v) is 23.2. The van der Waals surface area contributed by atoms with Crippen molar-refractivity contribution in [2.24, 2.45) is 11.8 Å². The van der Waals surface area contributed by atoms with E-state index < -0.39 is 27.8 Å². The van der Waals surface area contributed by atoms with Crippen molar-refractivity contribution in [1.82, 2.24) is 14.9 Å². The second-order valence-electron chi connectivity index (χ2n) is 10.0. The number of nitrogens with one attached hydrogen (secondary N) is 1. The molecule has 1 amide bonds. The summed E-state index contributed by atoms with van der Waals surface area (Å²) < 4.78 is 69.8. The van der Waals surface area contributed by atoms with Crippen molar-refractivity contribution < 1.29 is 31.1 Å². The number of carbonyl (C=O) groups is 1. The molecule has 0 aromatic carbocycles. The number of halogens is 4. The molecular formula is C25H35ClF3N3O4S. The molecule has 7 nitrogen and oxygen atoms in total. The maximum atomic E-state index is 13.0. The van der Waals surface area contributed by atoms with Crippen LogP contribution in [0.4, 0.5) is 13.2 Å². The number of aromatic nitrogens is 2. The number of ether oxygens (including phenoxy) is 1. The van der Waals surface area contributed by atoms with E-state index in [1.165, 1.54) is 13.4 Å². The summed E-state index contributed by atoms with van der Waals surface area (Å²) in [6.45, 7) is 3.44. The molecule has 0 radical (unpaired) electrons. The molecule has 0 aliphatic heterocycles. The van der Waals surface area contributed by atoms with Gasteiger partial charge >= 0.3 is 6.18 Å². The van der Waals surface area contributed by atoms with Crippen LogP contribution in [-0.2, 0) is 21.0 Å². The van der Waals surface area contributed by atoms with Gasteiger partial charge < -0.3 is 10.1 Å². The lowest BCUT2D eigenvalue weighted by molar-refractivity contribution is -0.169. The maximum Gasteiger partial charge on any atom is 0.391 e. The van der Waals surface area contributed by atoms with Crippen LogP contribution in [-0.4, -0.2) is 55.2 Å². The second kappa shape index (κ2) is 11.8. The summed E-state index contributed by atoms with van der Waals surface area (Å²) in [7, 11) is -1.61. The molecule has 1 aromatic heterocycles. The molecule has 1 aromatic rings. The average Bonchev–Trinajstić information content (AvgIpc) is 3.17. The highest BCUT2D eigenvalue weighted by Crippen LogP contribution is 2.38. The van der Waals surface area contributed by atoms with Crippen molar-refractivity contribution in [3.05, 3.63) is 34.1 Å². The Morgan fingerprint density at radius 1 is 1.27 bits per heavy atom. The number of nitrogens with zero attached hydrogens (tertiary/aromatic N) is 2. The van der Waals surface area contributed by atoms with Crippen molar-refractivity contribution >= 4 is 33.0 Å². The van der Waals surface area contributed by atoms with Crippen LogP contribution >= 0.6 is 11.6 Å². The molecule has 1 fully saturated rings. The predicted octanol–water partition coefficient (Wildman–Crippen LogP) is 5.56. The first-order valence-corrected chi connectivity index (χ1v) is 14.9. The Labute approximate surface area is 221 Å². The molecule has 1 unspecified atom stereocenters. The van der Waals surface area contributed by atoms with Crippen molar-refractivity contribution in [2.45, 2.75) is 76.6 Å². The summed E-state index contributed by atoms with van der Waals surface area (Å²) in [5.74, 6) is -0.752. The molecule has 208 valence electrons. The zero-order valence-electron chi connectivity index (χ0n) is 21.6. The lowest BCUT2D eigenvalue weighted by Crippen LogP contribution is -2.34. The molecule has 0 saturated heterocycles. The molecule has 1 atom stereocenters. The van der Waals surface area contributed by atoms with Gasteiger partial charge in [-0.15, -0.1) is 0 Å². The fraction of sp³-hybridized carbons (Fsp3) is 0.680. The van der Waals surface area contributed by atoms with Gasteiger partial charge in [0.25, 0.3) is 5.91 Å². The van der Waals surface area contributed by atoms with E-state index in [9.17, 15) is 26.4 Å². The molecule has 1 N–H and O–H groups in total. The Morgan fingerprint density at radius 3 is 2.46 bits per heavy atom. The Kier molecular flexibility index (Phi) is 9.42. The van der Waals surface area contributed by atoms with E-state index in [0.29, 0.717) is 74.3 Å². The molecule has 2 aliphatic carbocycles. The summed E-state index contributed by atoms with van der Waals surface area (Å²) in [5, 5.41) is 2.69. The minimum atomic E-state index is -4.27.